The molecule has 3 nitrogen and oxygen atoms in total. The van der Waals surface area contributed by atoms with Gasteiger partial charge in [-0.1, -0.05) is 42.3 Å². The van der Waals surface area contributed by atoms with Crippen LogP contribution in [-0.4, -0.2) is 10.1 Å². The summed E-state index contributed by atoms with van der Waals surface area (Å²) in [5.74, 6) is 1.31. The Hall–Kier alpha value is -1.38. The summed E-state index contributed by atoms with van der Waals surface area (Å²) >= 11 is 13.7. The zero-order valence-electron chi connectivity index (χ0n) is 15.8. The van der Waals surface area contributed by atoms with Gasteiger partial charge in [-0.15, -0.1) is 11.3 Å². The fourth-order valence-corrected chi connectivity index (χ4v) is 5.66. The molecule has 0 radical (unpaired) electrons. The summed E-state index contributed by atoms with van der Waals surface area (Å²) in [5, 5.41) is 19.6. The number of pyridine rings is 1. The van der Waals surface area contributed by atoms with Gasteiger partial charge in [0.1, 0.15) is 10.3 Å². The molecular weight excluding hydrogens is 411 g/mol. The van der Waals surface area contributed by atoms with E-state index in [4.69, 9.17) is 23.2 Å². The lowest BCUT2D eigenvalue weighted by molar-refractivity contribution is 0.285. The first-order valence-corrected chi connectivity index (χ1v) is 11.2. The minimum atomic E-state index is 0.0479. The number of aryl methyl sites for hydroxylation is 1. The van der Waals surface area contributed by atoms with Crippen LogP contribution in [0.5, 0.6) is 0 Å². The van der Waals surface area contributed by atoms with E-state index in [1.165, 1.54) is 4.88 Å². The normalized spacial score (nSPS) is 24.7. The van der Waals surface area contributed by atoms with Crippen LogP contribution in [0.25, 0.3) is 6.08 Å². The predicted molar refractivity (Wildman–Crippen MR) is 116 cm³/mol. The molecule has 3 rings (SSSR count). The lowest BCUT2D eigenvalue weighted by atomic mass is 9.83. The summed E-state index contributed by atoms with van der Waals surface area (Å²) < 4.78 is 0. The Balaban J connectivity index is 1.67. The van der Waals surface area contributed by atoms with Crippen LogP contribution in [0.15, 0.2) is 30.3 Å². The third-order valence-electron chi connectivity index (χ3n) is 5.61. The van der Waals surface area contributed by atoms with Crippen LogP contribution in [0, 0.1) is 35.0 Å². The van der Waals surface area contributed by atoms with E-state index >= 15 is 0 Å². The standard InChI is InChI=1S/C22H24Cl2N2OS/c1-14-9-16(12-25)20(8-5-15-10-21(23)26-22(24)11-15)19(14)4-2-3-17-6-7-18(13-27)28-17/h5-8,10-11,14,16,19-20,27H,2-4,9,13H2,1H3/b8-5+/t14?,16-,19-,20-/m0/s1. The Kier molecular flexibility index (Phi) is 7.54. The van der Waals surface area contributed by atoms with Crippen molar-refractivity contribution in [1.29, 1.82) is 5.26 Å². The molecular formula is C22H24Cl2N2OS. The summed E-state index contributed by atoms with van der Waals surface area (Å²) in [6.07, 6.45) is 8.35. The molecule has 148 valence electrons. The number of aliphatic hydroxyl groups excluding tert-OH is 1. The van der Waals surface area contributed by atoms with Crippen molar-refractivity contribution in [2.24, 2.45) is 23.7 Å². The van der Waals surface area contributed by atoms with Crippen molar-refractivity contribution < 1.29 is 5.11 Å². The van der Waals surface area contributed by atoms with Gasteiger partial charge in [0.25, 0.3) is 0 Å². The molecule has 0 aliphatic heterocycles. The van der Waals surface area contributed by atoms with E-state index in [1.807, 2.05) is 12.1 Å². The van der Waals surface area contributed by atoms with E-state index in [9.17, 15) is 10.4 Å². The minimum Gasteiger partial charge on any atom is -0.391 e. The molecule has 2 aromatic rings. The van der Waals surface area contributed by atoms with Gasteiger partial charge in [-0.25, -0.2) is 4.98 Å². The number of nitriles is 1. The van der Waals surface area contributed by atoms with Crippen LogP contribution in [-0.2, 0) is 13.0 Å². The molecule has 0 bridgehead atoms. The van der Waals surface area contributed by atoms with Gasteiger partial charge in [0, 0.05) is 9.75 Å². The molecule has 0 amide bonds. The molecule has 2 aromatic heterocycles. The number of allylic oxidation sites excluding steroid dienone is 1. The van der Waals surface area contributed by atoms with Crippen LogP contribution < -0.4 is 0 Å². The number of halogens is 2. The van der Waals surface area contributed by atoms with Crippen molar-refractivity contribution in [3.63, 3.8) is 0 Å². The topological polar surface area (TPSA) is 56.9 Å². The van der Waals surface area contributed by atoms with E-state index in [0.29, 0.717) is 22.1 Å². The molecule has 1 N–H and O–H groups in total. The number of thiophene rings is 1. The average Bonchev–Trinajstić information content (AvgIpc) is 3.24. The quantitative estimate of drug-likeness (QED) is 0.513. The first-order valence-electron chi connectivity index (χ1n) is 9.59. The number of hydrogen-bond donors (Lipinski definition) is 1. The SMILES string of the molecule is CC1C[C@@H](C#N)[C@H](/C=C/c2cc(Cl)nc(Cl)c2)[C@H]1CCCc1ccc(CO)s1. The second-order valence-corrected chi connectivity index (χ2v) is 9.54. The third kappa shape index (κ3) is 5.36. The average molecular weight is 435 g/mol. The predicted octanol–water partition coefficient (Wildman–Crippen LogP) is 6.39. The van der Waals surface area contributed by atoms with Crippen molar-refractivity contribution in [1.82, 2.24) is 4.98 Å². The first-order chi connectivity index (χ1) is 13.5. The van der Waals surface area contributed by atoms with Crippen LogP contribution in [0.1, 0.15) is 41.5 Å². The van der Waals surface area contributed by atoms with Crippen molar-refractivity contribution >= 4 is 40.6 Å². The van der Waals surface area contributed by atoms with Crippen LogP contribution >= 0.6 is 34.5 Å². The van der Waals surface area contributed by atoms with E-state index in [-0.39, 0.29) is 18.4 Å². The lowest BCUT2D eigenvalue weighted by Gasteiger charge is -2.21. The molecule has 4 atom stereocenters. The molecule has 0 saturated heterocycles. The highest BCUT2D eigenvalue weighted by molar-refractivity contribution is 7.11. The van der Waals surface area contributed by atoms with E-state index < -0.39 is 0 Å². The smallest absolute Gasteiger partial charge is 0.131 e. The minimum absolute atomic E-state index is 0.0479. The van der Waals surface area contributed by atoms with Crippen LogP contribution in [0.4, 0.5) is 0 Å². The molecule has 1 aliphatic rings. The number of hydrogen-bond acceptors (Lipinski definition) is 4. The van der Waals surface area contributed by atoms with Gasteiger partial charge in [0.05, 0.1) is 18.6 Å². The monoisotopic (exact) mass is 434 g/mol. The Labute approximate surface area is 180 Å². The van der Waals surface area contributed by atoms with Gasteiger partial charge in [-0.05, 0) is 73.3 Å². The van der Waals surface area contributed by atoms with Crippen molar-refractivity contribution in [2.75, 3.05) is 0 Å². The van der Waals surface area contributed by atoms with Gasteiger partial charge >= 0.3 is 0 Å². The molecule has 1 aliphatic carbocycles. The van der Waals surface area contributed by atoms with Gasteiger partial charge in [0.15, 0.2) is 0 Å². The number of aliphatic hydroxyl groups is 1. The molecule has 6 heteroatoms. The Morgan fingerprint density at radius 3 is 2.64 bits per heavy atom. The second-order valence-electron chi connectivity index (χ2n) is 7.51. The van der Waals surface area contributed by atoms with Gasteiger partial charge in [0.2, 0.25) is 0 Å². The highest BCUT2D eigenvalue weighted by Gasteiger charge is 2.39. The summed E-state index contributed by atoms with van der Waals surface area (Å²) in [6.45, 7) is 2.38. The van der Waals surface area contributed by atoms with Gasteiger partial charge in [-0.2, -0.15) is 5.26 Å². The molecule has 0 aromatic carbocycles. The molecule has 1 fully saturated rings. The zero-order chi connectivity index (χ0) is 20.1. The maximum Gasteiger partial charge on any atom is 0.131 e. The number of nitrogens with zero attached hydrogens (tertiary/aromatic N) is 2. The summed E-state index contributed by atoms with van der Waals surface area (Å²) in [6, 6.07) is 10.2. The summed E-state index contributed by atoms with van der Waals surface area (Å²) in [4.78, 5) is 6.32. The second kappa shape index (κ2) is 9.89. The van der Waals surface area contributed by atoms with Crippen molar-refractivity contribution in [2.45, 2.75) is 39.2 Å². The first kappa shape index (κ1) is 21.3. The van der Waals surface area contributed by atoms with Gasteiger partial charge < -0.3 is 5.11 Å². The fourth-order valence-electron chi connectivity index (χ4n) is 4.26. The molecule has 28 heavy (non-hydrogen) atoms. The highest BCUT2D eigenvalue weighted by Crippen LogP contribution is 2.45. The molecule has 2 heterocycles. The van der Waals surface area contributed by atoms with E-state index in [0.717, 1.165) is 36.1 Å². The van der Waals surface area contributed by atoms with E-state index in [1.54, 1.807) is 23.5 Å². The van der Waals surface area contributed by atoms with Crippen molar-refractivity contribution in [3.8, 4) is 6.07 Å². The molecule has 1 unspecified atom stereocenters. The number of aromatic nitrogens is 1. The Morgan fingerprint density at radius 1 is 1.29 bits per heavy atom. The number of rotatable bonds is 7. The van der Waals surface area contributed by atoms with Crippen molar-refractivity contribution in [3.05, 3.63) is 56.0 Å². The molecule has 0 spiro atoms. The third-order valence-corrected chi connectivity index (χ3v) is 7.13. The lowest BCUT2D eigenvalue weighted by Crippen LogP contribution is -2.14. The van der Waals surface area contributed by atoms with Gasteiger partial charge in [-0.3, -0.25) is 0 Å². The maximum absolute atomic E-state index is 9.63. The zero-order valence-corrected chi connectivity index (χ0v) is 18.1. The Bertz CT molecular complexity index is 853. The highest BCUT2D eigenvalue weighted by atomic mass is 35.5. The summed E-state index contributed by atoms with van der Waals surface area (Å²) in [7, 11) is 0. The maximum atomic E-state index is 9.63. The molecule has 1 saturated carbocycles. The van der Waals surface area contributed by atoms with Crippen LogP contribution in [0.3, 0.4) is 0 Å². The fraction of sp³-hybridized carbons (Fsp3) is 0.455. The van der Waals surface area contributed by atoms with Crippen LogP contribution in [0.2, 0.25) is 10.3 Å². The van der Waals surface area contributed by atoms with E-state index in [2.05, 4.69) is 30.1 Å². The Morgan fingerprint density at radius 2 is 2.00 bits per heavy atom. The largest absolute Gasteiger partial charge is 0.391 e. The summed E-state index contributed by atoms with van der Waals surface area (Å²) in [5.41, 5.74) is 0.912.